The minimum Gasteiger partial charge on any atom is -0.376 e. The normalized spacial score (nSPS) is 23.9. The second kappa shape index (κ2) is 15.0. The molecule has 3 aromatic carbocycles. The number of likely N-dealkylation sites (tertiary alicyclic amines) is 1. The topological polar surface area (TPSA) is 176 Å². The van der Waals surface area contributed by atoms with Crippen LogP contribution < -0.4 is 11.4 Å². The summed E-state index contributed by atoms with van der Waals surface area (Å²) in [7, 11) is 1.70. The first-order chi connectivity index (χ1) is 33.5. The Morgan fingerprint density at radius 1 is 0.957 bits per heavy atom. The molecule has 4 aliphatic rings. The number of hydrogen-bond acceptors (Lipinski definition) is 9. The molecule has 2 saturated heterocycles. The Bertz CT molecular complexity index is 3620. The highest BCUT2D eigenvalue weighted by Gasteiger charge is 2.60. The number of fused-ring (bicyclic) bond motifs is 4. The average molecular weight is 952 g/mol. The van der Waals surface area contributed by atoms with E-state index in [-0.39, 0.29) is 46.8 Å². The van der Waals surface area contributed by atoms with Gasteiger partial charge in [0.15, 0.2) is 11.6 Å². The molecule has 5 atom stereocenters. The van der Waals surface area contributed by atoms with Crippen molar-refractivity contribution in [3.63, 3.8) is 0 Å². The number of ether oxygens (including phenoxy) is 1. The SMILES string of the molecule is Cc1cc(-n2nc3c(c2-n2ccn(-c4ccc5c(cnn5C)c4F)c2=O)[C@H](C)N(C(=O)c2cc4cc([C@H]5CCOC(C)(C)C5)ccc4n2[C@@]2(c4noc(=O)[nH]4)C[C@@H]2C)CC32CCN2C=O)cc(C)c1F. The van der Waals surface area contributed by atoms with Crippen LogP contribution >= 0.6 is 0 Å². The molecule has 5 aromatic heterocycles. The number of nitrogens with zero attached hydrogens (tertiary/aromatic N) is 10. The molecule has 3 aliphatic heterocycles. The van der Waals surface area contributed by atoms with Crippen molar-refractivity contribution in [2.75, 3.05) is 19.7 Å². The average Bonchev–Trinajstić information content (AvgIpc) is 3.96. The van der Waals surface area contributed by atoms with E-state index < -0.39 is 40.2 Å². The summed E-state index contributed by atoms with van der Waals surface area (Å²) in [6.07, 6.45) is 7.83. The maximum atomic E-state index is 16.3. The summed E-state index contributed by atoms with van der Waals surface area (Å²) in [6, 6.07) is 13.9. The fraction of sp³-hybridized carbons (Fsp3) is 0.392. The Labute approximate surface area is 398 Å². The summed E-state index contributed by atoms with van der Waals surface area (Å²) in [5.74, 6) is -1.40. The van der Waals surface area contributed by atoms with Crippen molar-refractivity contribution in [1.82, 2.24) is 53.2 Å². The van der Waals surface area contributed by atoms with Crippen LogP contribution in [0, 0.1) is 31.4 Å². The predicted octanol–water partition coefficient (Wildman–Crippen LogP) is 6.96. The molecule has 12 rings (SSSR count). The number of rotatable bonds is 8. The smallest absolute Gasteiger partial charge is 0.376 e. The van der Waals surface area contributed by atoms with Gasteiger partial charge in [-0.3, -0.25) is 32.9 Å². The molecule has 0 radical (unpaired) electrons. The lowest BCUT2D eigenvalue weighted by Crippen LogP contribution is -2.65. The third-order valence-corrected chi connectivity index (χ3v) is 15.9. The molecule has 1 saturated carbocycles. The van der Waals surface area contributed by atoms with E-state index in [1.165, 1.54) is 33.8 Å². The number of carbonyl (C=O) groups is 2. The minimum absolute atomic E-state index is 0.00157. The first-order valence-electron chi connectivity index (χ1n) is 23.7. The third kappa shape index (κ3) is 6.11. The van der Waals surface area contributed by atoms with Crippen LogP contribution in [-0.2, 0) is 27.7 Å². The lowest BCUT2D eigenvalue weighted by atomic mass is 9.75. The molecule has 17 nitrogen and oxygen atoms in total. The second-order valence-corrected chi connectivity index (χ2v) is 20.5. The van der Waals surface area contributed by atoms with Gasteiger partial charge in [0, 0.05) is 49.1 Å². The Morgan fingerprint density at radius 3 is 2.37 bits per heavy atom. The van der Waals surface area contributed by atoms with E-state index in [9.17, 15) is 14.4 Å². The quantitative estimate of drug-likeness (QED) is 0.158. The third-order valence-electron chi connectivity index (χ3n) is 15.9. The van der Waals surface area contributed by atoms with Gasteiger partial charge in [-0.05, 0) is 131 Å². The highest BCUT2D eigenvalue weighted by Crippen LogP contribution is 2.57. The van der Waals surface area contributed by atoms with Gasteiger partial charge in [0.2, 0.25) is 6.41 Å². The van der Waals surface area contributed by atoms with E-state index in [1.54, 1.807) is 58.3 Å². The summed E-state index contributed by atoms with van der Waals surface area (Å²) in [5.41, 5.74) is 1.86. The number of aromatic nitrogens is 9. The van der Waals surface area contributed by atoms with Gasteiger partial charge in [0.1, 0.15) is 28.4 Å². The highest BCUT2D eigenvalue weighted by atomic mass is 19.1. The number of amides is 2. The molecule has 1 unspecified atom stereocenters. The molecule has 19 heteroatoms. The summed E-state index contributed by atoms with van der Waals surface area (Å²) in [5, 5.41) is 14.7. The van der Waals surface area contributed by atoms with Crippen LogP contribution in [0.1, 0.15) is 110 Å². The van der Waals surface area contributed by atoms with Crippen molar-refractivity contribution in [2.45, 2.75) is 95.9 Å². The predicted molar refractivity (Wildman–Crippen MR) is 253 cm³/mol. The number of benzene rings is 3. The first kappa shape index (κ1) is 43.8. The summed E-state index contributed by atoms with van der Waals surface area (Å²) < 4.78 is 50.5. The number of carbonyl (C=O) groups excluding carboxylic acids is 2. The van der Waals surface area contributed by atoms with Gasteiger partial charge in [-0.25, -0.2) is 23.1 Å². The van der Waals surface area contributed by atoms with Gasteiger partial charge in [-0.1, -0.05) is 18.1 Å². The molecule has 360 valence electrons. The van der Waals surface area contributed by atoms with E-state index >= 15 is 13.6 Å². The Hall–Kier alpha value is -7.41. The second-order valence-electron chi connectivity index (χ2n) is 20.5. The van der Waals surface area contributed by atoms with E-state index in [1.807, 2.05) is 30.5 Å². The number of imidazole rings is 1. The van der Waals surface area contributed by atoms with Gasteiger partial charge in [0.05, 0.1) is 52.4 Å². The molecule has 1 N–H and O–H groups in total. The molecule has 0 bridgehead atoms. The van der Waals surface area contributed by atoms with Crippen molar-refractivity contribution in [3.05, 3.63) is 139 Å². The standard InChI is InChI=1S/C51H51F2N11O6/c1-27-18-34(19-28(2)41(27)52)64-44(61-16-15-60(48(61)68)38-11-10-37-35(42(38)53)24-54-58(37)7)40-30(4)62(25-50(43(40)56-64)13-14-59(50)26-65)45(66)39-21-33-20-31(32-12-17-69-49(5,6)23-32)8-9-36(33)63(39)51(22-29(51)3)46-55-47(67)70-57-46/h8-11,15-16,18-21,24,26,29-30,32H,12-14,17,22-23,25H2,1-7H3,(H,55,57,67)/t29-,30-,32-,50?,51-/m0/s1. The van der Waals surface area contributed by atoms with Crippen molar-refractivity contribution in [2.24, 2.45) is 13.0 Å². The Morgan fingerprint density at radius 2 is 1.70 bits per heavy atom. The Kier molecular flexibility index (Phi) is 9.42. The molecular formula is C51H51F2N11O6. The maximum Gasteiger partial charge on any atom is 0.438 e. The van der Waals surface area contributed by atoms with Crippen molar-refractivity contribution >= 4 is 34.1 Å². The van der Waals surface area contributed by atoms with Gasteiger partial charge < -0.3 is 19.1 Å². The lowest BCUT2D eigenvalue weighted by molar-refractivity contribution is -0.137. The van der Waals surface area contributed by atoms with Gasteiger partial charge >= 0.3 is 11.4 Å². The molecular weight excluding hydrogens is 901 g/mol. The molecule has 1 spiro atoms. The van der Waals surface area contributed by atoms with Crippen LogP contribution in [0.5, 0.6) is 0 Å². The molecule has 3 fully saturated rings. The van der Waals surface area contributed by atoms with E-state index in [0.717, 1.165) is 35.7 Å². The zero-order chi connectivity index (χ0) is 48.9. The fourth-order valence-corrected chi connectivity index (χ4v) is 12.0. The molecule has 8 aromatic rings. The van der Waals surface area contributed by atoms with Crippen LogP contribution in [0.4, 0.5) is 8.78 Å². The van der Waals surface area contributed by atoms with Gasteiger partial charge in [-0.15, -0.1) is 0 Å². The lowest BCUT2D eigenvalue weighted by Gasteiger charge is -2.55. The monoisotopic (exact) mass is 951 g/mol. The Balaban J connectivity index is 1.06. The zero-order valence-corrected chi connectivity index (χ0v) is 39.8. The summed E-state index contributed by atoms with van der Waals surface area (Å²) in [4.78, 5) is 62.9. The van der Waals surface area contributed by atoms with Crippen LogP contribution in [-0.4, -0.2) is 90.8 Å². The van der Waals surface area contributed by atoms with E-state index in [4.69, 9.17) is 14.4 Å². The van der Waals surface area contributed by atoms with Crippen LogP contribution in [0.15, 0.2) is 81.2 Å². The van der Waals surface area contributed by atoms with Gasteiger partial charge in [0.25, 0.3) is 5.91 Å². The fourth-order valence-electron chi connectivity index (χ4n) is 12.0. The summed E-state index contributed by atoms with van der Waals surface area (Å²) >= 11 is 0. The number of aromatic amines is 1. The zero-order valence-electron chi connectivity index (χ0n) is 39.8. The van der Waals surface area contributed by atoms with Crippen molar-refractivity contribution < 1.29 is 27.6 Å². The number of halogens is 2. The van der Waals surface area contributed by atoms with E-state index in [2.05, 4.69) is 41.2 Å². The van der Waals surface area contributed by atoms with Crippen LogP contribution in [0.2, 0.25) is 0 Å². The van der Waals surface area contributed by atoms with Gasteiger partial charge in [-0.2, -0.15) is 10.2 Å². The number of nitrogens with one attached hydrogen (secondary N) is 1. The van der Waals surface area contributed by atoms with E-state index in [0.29, 0.717) is 71.1 Å². The minimum atomic E-state index is -1.13. The van der Waals surface area contributed by atoms with Crippen LogP contribution in [0.3, 0.4) is 0 Å². The number of hydrogen-bond donors (Lipinski definition) is 1. The summed E-state index contributed by atoms with van der Waals surface area (Å²) in [6.45, 7) is 12.5. The molecule has 70 heavy (non-hydrogen) atoms. The highest BCUT2D eigenvalue weighted by molar-refractivity contribution is 6.00. The molecule has 2 amide bonds. The van der Waals surface area contributed by atoms with Crippen molar-refractivity contribution in [1.29, 1.82) is 0 Å². The number of aryl methyl sites for hydroxylation is 3. The first-order valence-corrected chi connectivity index (χ1v) is 23.7. The van der Waals surface area contributed by atoms with Crippen LogP contribution in [0.25, 0.3) is 39.0 Å². The number of H-pyrrole nitrogens is 1. The molecule has 8 heterocycles. The van der Waals surface area contributed by atoms with Crippen molar-refractivity contribution in [3.8, 4) is 17.2 Å². The largest absolute Gasteiger partial charge is 0.438 e. The maximum absolute atomic E-state index is 16.3. The molecule has 1 aliphatic carbocycles.